The second kappa shape index (κ2) is 8.11. The summed E-state index contributed by atoms with van der Waals surface area (Å²) in [5, 5.41) is 4.02. The summed E-state index contributed by atoms with van der Waals surface area (Å²) in [7, 11) is 0. The number of pyridine rings is 1. The zero-order valence-corrected chi connectivity index (χ0v) is 16.7. The van der Waals surface area contributed by atoms with Crippen molar-refractivity contribution in [1.82, 2.24) is 4.98 Å². The summed E-state index contributed by atoms with van der Waals surface area (Å²) in [5.74, 6) is -0.565. The number of anilines is 1. The highest BCUT2D eigenvalue weighted by Crippen LogP contribution is 2.33. The Bertz CT molecular complexity index is 1040. The Kier molecular flexibility index (Phi) is 5.80. The quantitative estimate of drug-likeness (QED) is 0.554. The van der Waals surface area contributed by atoms with Crippen molar-refractivity contribution in [2.75, 3.05) is 5.32 Å². The highest BCUT2D eigenvalue weighted by molar-refractivity contribution is 6.29. The Morgan fingerprint density at radius 2 is 1.93 bits per heavy atom. The molecule has 3 aromatic rings. The molecule has 0 spiro atoms. The van der Waals surface area contributed by atoms with Crippen molar-refractivity contribution in [3.05, 3.63) is 83.3 Å². The van der Waals surface area contributed by atoms with Crippen molar-refractivity contribution in [2.24, 2.45) is 5.41 Å². The highest BCUT2D eigenvalue weighted by Gasteiger charge is 2.34. The Hall–Kier alpha value is -2.72. The molecule has 0 aliphatic heterocycles. The molecule has 1 aromatic heterocycles. The molecule has 5 heteroatoms. The van der Waals surface area contributed by atoms with Gasteiger partial charge in [-0.05, 0) is 37.5 Å². The molecule has 3 nitrogen and oxygen atoms in total. The number of halogens is 2. The number of amides is 1. The predicted molar refractivity (Wildman–Crippen MR) is 113 cm³/mol. The average molecular weight is 397 g/mol. The maximum absolute atomic E-state index is 14.0. The number of aromatic nitrogens is 1. The van der Waals surface area contributed by atoms with E-state index in [-0.39, 0.29) is 11.7 Å². The van der Waals surface area contributed by atoms with Crippen LogP contribution in [0.2, 0.25) is 0 Å². The van der Waals surface area contributed by atoms with Crippen LogP contribution in [-0.2, 0) is 11.2 Å². The smallest absolute Gasteiger partial charge is 0.231 e. The highest BCUT2D eigenvalue weighted by atomic mass is 35.5. The second-order valence-electron chi connectivity index (χ2n) is 7.30. The Labute approximate surface area is 169 Å². The summed E-state index contributed by atoms with van der Waals surface area (Å²) in [6.45, 7) is 7.38. The number of hydrogen-bond donors (Lipinski definition) is 1. The van der Waals surface area contributed by atoms with Gasteiger partial charge < -0.3 is 5.32 Å². The summed E-state index contributed by atoms with van der Waals surface area (Å²) < 4.78 is 14.0. The van der Waals surface area contributed by atoms with Gasteiger partial charge in [-0.1, -0.05) is 67.6 Å². The van der Waals surface area contributed by atoms with Crippen molar-refractivity contribution in [2.45, 2.75) is 26.7 Å². The molecule has 3 rings (SSSR count). The van der Waals surface area contributed by atoms with Gasteiger partial charge in [0.2, 0.25) is 5.91 Å². The fourth-order valence-corrected chi connectivity index (χ4v) is 3.64. The van der Waals surface area contributed by atoms with Crippen molar-refractivity contribution < 1.29 is 9.18 Å². The monoisotopic (exact) mass is 396 g/mol. The Morgan fingerprint density at radius 3 is 2.61 bits per heavy atom. The van der Waals surface area contributed by atoms with Crippen LogP contribution in [0.1, 0.15) is 24.6 Å². The predicted octanol–water partition coefficient (Wildman–Crippen LogP) is 6.01. The minimum atomic E-state index is -0.788. The number of carbonyl (C=O) groups is 1. The van der Waals surface area contributed by atoms with Crippen LogP contribution in [0.5, 0.6) is 0 Å². The molecular formula is C23H22ClFN2O. The maximum atomic E-state index is 14.0. The Morgan fingerprint density at radius 1 is 1.21 bits per heavy atom. The molecule has 0 aliphatic carbocycles. The number of rotatable bonds is 6. The molecule has 0 saturated heterocycles. The molecule has 0 radical (unpaired) electrons. The van der Waals surface area contributed by atoms with Gasteiger partial charge in [-0.3, -0.25) is 4.79 Å². The number of carbonyl (C=O) groups excluding carboxylic acids is 1. The van der Waals surface area contributed by atoms with E-state index in [1.165, 1.54) is 6.07 Å². The lowest BCUT2D eigenvalue weighted by atomic mass is 9.79. The van der Waals surface area contributed by atoms with Crippen LogP contribution in [-0.4, -0.2) is 10.9 Å². The first kappa shape index (κ1) is 20.0. The molecule has 1 N–H and O–H groups in total. The molecule has 2 aromatic carbocycles. The maximum Gasteiger partial charge on any atom is 0.231 e. The summed E-state index contributed by atoms with van der Waals surface area (Å²) in [6.07, 6.45) is 0.851. The van der Waals surface area contributed by atoms with Crippen LogP contribution in [0, 0.1) is 18.2 Å². The van der Waals surface area contributed by atoms with E-state index in [9.17, 15) is 9.18 Å². The number of nitrogens with zero attached hydrogens (tertiary/aromatic N) is 1. The van der Waals surface area contributed by atoms with Crippen LogP contribution in [0.3, 0.4) is 0 Å². The van der Waals surface area contributed by atoms with Crippen LogP contribution < -0.4 is 5.32 Å². The van der Waals surface area contributed by atoms with Gasteiger partial charge in [-0.15, -0.1) is 0 Å². The van der Waals surface area contributed by atoms with Crippen LogP contribution in [0.4, 0.5) is 10.1 Å². The van der Waals surface area contributed by atoms with Gasteiger partial charge in [0, 0.05) is 10.4 Å². The van der Waals surface area contributed by atoms with Crippen molar-refractivity contribution in [1.29, 1.82) is 0 Å². The molecule has 0 saturated carbocycles. The number of para-hydroxylation sites is 1. The van der Waals surface area contributed by atoms with Gasteiger partial charge in [0.05, 0.1) is 16.8 Å². The van der Waals surface area contributed by atoms with E-state index < -0.39 is 5.41 Å². The first-order valence-electron chi connectivity index (χ1n) is 9.03. The molecule has 1 amide bonds. The van der Waals surface area contributed by atoms with Gasteiger partial charge in [0.15, 0.2) is 0 Å². The number of fused-ring (bicyclic) bond motifs is 1. The van der Waals surface area contributed by atoms with E-state index in [1.807, 2.05) is 37.3 Å². The number of allylic oxidation sites excluding steroid dienone is 1. The third-order valence-corrected chi connectivity index (χ3v) is 4.94. The number of hydrogen-bond acceptors (Lipinski definition) is 2. The number of nitrogens with one attached hydrogen (secondary N) is 1. The lowest BCUT2D eigenvalue weighted by Crippen LogP contribution is -2.36. The molecule has 144 valence electrons. The SMILES string of the molecule is C=C(Cl)C[C@@](C)(Cc1ccccc1)C(=O)Nc1cc2cccc(F)c2nc1C. The second-order valence-corrected chi connectivity index (χ2v) is 7.84. The summed E-state index contributed by atoms with van der Waals surface area (Å²) >= 11 is 6.07. The molecule has 1 heterocycles. The molecule has 0 aliphatic rings. The van der Waals surface area contributed by atoms with E-state index in [4.69, 9.17) is 11.6 Å². The third kappa shape index (κ3) is 4.39. The first-order valence-corrected chi connectivity index (χ1v) is 9.41. The Balaban J connectivity index is 1.92. The van der Waals surface area contributed by atoms with Crippen LogP contribution >= 0.6 is 11.6 Å². The van der Waals surface area contributed by atoms with E-state index >= 15 is 0 Å². The van der Waals surface area contributed by atoms with Gasteiger partial charge in [0.1, 0.15) is 11.3 Å². The lowest BCUT2D eigenvalue weighted by Gasteiger charge is -2.28. The van der Waals surface area contributed by atoms with Crippen molar-refractivity contribution in [3.8, 4) is 0 Å². The number of aryl methyl sites for hydroxylation is 1. The summed E-state index contributed by atoms with van der Waals surface area (Å²) in [5.41, 5.74) is 1.65. The minimum absolute atomic E-state index is 0.182. The van der Waals surface area contributed by atoms with E-state index in [0.717, 1.165) is 5.56 Å². The van der Waals surface area contributed by atoms with Crippen molar-refractivity contribution in [3.63, 3.8) is 0 Å². The third-order valence-electron chi connectivity index (χ3n) is 4.80. The topological polar surface area (TPSA) is 42.0 Å². The molecule has 0 unspecified atom stereocenters. The van der Waals surface area contributed by atoms with E-state index in [2.05, 4.69) is 16.9 Å². The zero-order valence-electron chi connectivity index (χ0n) is 15.9. The lowest BCUT2D eigenvalue weighted by molar-refractivity contribution is -0.124. The minimum Gasteiger partial charge on any atom is -0.324 e. The zero-order chi connectivity index (χ0) is 20.3. The molecule has 1 atom stereocenters. The summed E-state index contributed by atoms with van der Waals surface area (Å²) in [4.78, 5) is 17.5. The first-order chi connectivity index (χ1) is 13.3. The standard InChI is InChI=1S/C23H22ClFN2O/c1-15(24)13-23(3,14-17-8-5-4-6-9-17)22(28)27-20-12-18-10-7-11-19(25)21(18)26-16(20)2/h4-12H,1,13-14H2,2-3H3,(H,27,28)/t23-/m0/s1. The van der Waals surface area contributed by atoms with Crippen LogP contribution in [0.25, 0.3) is 10.9 Å². The number of benzene rings is 2. The molecular weight excluding hydrogens is 375 g/mol. The fraction of sp³-hybridized carbons (Fsp3) is 0.217. The molecule has 28 heavy (non-hydrogen) atoms. The van der Waals surface area contributed by atoms with Gasteiger partial charge >= 0.3 is 0 Å². The van der Waals surface area contributed by atoms with E-state index in [0.29, 0.717) is 40.2 Å². The van der Waals surface area contributed by atoms with Gasteiger partial charge in [-0.2, -0.15) is 0 Å². The van der Waals surface area contributed by atoms with E-state index in [1.54, 1.807) is 25.1 Å². The normalized spacial score (nSPS) is 13.1. The van der Waals surface area contributed by atoms with Crippen LogP contribution in [0.15, 0.2) is 66.2 Å². The largest absolute Gasteiger partial charge is 0.324 e. The molecule has 0 fully saturated rings. The van der Waals surface area contributed by atoms with Gasteiger partial charge in [-0.25, -0.2) is 9.37 Å². The average Bonchev–Trinajstić information content (AvgIpc) is 2.63. The molecule has 0 bridgehead atoms. The van der Waals surface area contributed by atoms with Crippen molar-refractivity contribution >= 4 is 34.1 Å². The fourth-order valence-electron chi connectivity index (χ4n) is 3.35. The van der Waals surface area contributed by atoms with Gasteiger partial charge in [0.25, 0.3) is 0 Å². The summed E-state index contributed by atoms with van der Waals surface area (Å²) in [6, 6.07) is 16.3.